The van der Waals surface area contributed by atoms with E-state index in [2.05, 4.69) is 40.7 Å². The van der Waals surface area contributed by atoms with Crippen LogP contribution in [-0.4, -0.2) is 5.11 Å². The fraction of sp³-hybridized carbons (Fsp3) is 0.667. The van der Waals surface area contributed by atoms with Crippen molar-refractivity contribution in [2.45, 2.75) is 59.8 Å². The van der Waals surface area contributed by atoms with E-state index in [-0.39, 0.29) is 0 Å². The average molecular weight is 258 g/mol. The Morgan fingerprint density at radius 2 is 1.74 bits per heavy atom. The van der Waals surface area contributed by atoms with E-state index in [9.17, 15) is 5.11 Å². The standard InChI is InChI=1S/C18H26O/c1-11-8-14(16(19)9-12(11)2)15-10-13-6-7-18(15,5)17(13,3)4/h8-9,13,15,19H,6-7,10H2,1-5H3/t13-,15+,18-/m1/s1. The number of hydrogen-bond acceptors (Lipinski definition) is 1. The first-order valence-electron chi connectivity index (χ1n) is 7.57. The maximum absolute atomic E-state index is 10.4. The summed E-state index contributed by atoms with van der Waals surface area (Å²) in [6.07, 6.45) is 3.92. The highest BCUT2D eigenvalue weighted by Gasteiger charge is 2.61. The molecular formula is C18H26O. The van der Waals surface area contributed by atoms with Crippen molar-refractivity contribution in [3.63, 3.8) is 0 Å². The number of rotatable bonds is 1. The number of phenolic OH excluding ortho intramolecular Hbond substituents is 1. The van der Waals surface area contributed by atoms with Gasteiger partial charge in [0.05, 0.1) is 0 Å². The van der Waals surface area contributed by atoms with Crippen molar-refractivity contribution in [2.75, 3.05) is 0 Å². The summed E-state index contributed by atoms with van der Waals surface area (Å²) in [4.78, 5) is 0. The molecular weight excluding hydrogens is 232 g/mol. The number of hydrogen-bond donors (Lipinski definition) is 1. The van der Waals surface area contributed by atoms with Gasteiger partial charge in [0.1, 0.15) is 5.75 Å². The lowest BCUT2D eigenvalue weighted by Gasteiger charge is -2.40. The number of fused-ring (bicyclic) bond motifs is 2. The second-order valence-corrected chi connectivity index (χ2v) is 7.66. The van der Waals surface area contributed by atoms with Gasteiger partial charge < -0.3 is 5.11 Å². The Morgan fingerprint density at radius 1 is 1.11 bits per heavy atom. The predicted molar refractivity (Wildman–Crippen MR) is 79.6 cm³/mol. The van der Waals surface area contributed by atoms with Gasteiger partial charge in [-0.1, -0.05) is 26.8 Å². The molecule has 1 aromatic rings. The highest BCUT2D eigenvalue weighted by molar-refractivity contribution is 5.45. The molecule has 1 heteroatoms. The molecule has 2 aliphatic carbocycles. The van der Waals surface area contributed by atoms with Crippen molar-refractivity contribution < 1.29 is 5.11 Å². The fourth-order valence-corrected chi connectivity index (χ4v) is 4.78. The summed E-state index contributed by atoms with van der Waals surface area (Å²) in [6, 6.07) is 4.18. The first-order valence-corrected chi connectivity index (χ1v) is 7.57. The third-order valence-electron chi connectivity index (χ3n) is 6.81. The lowest BCUT2D eigenvalue weighted by molar-refractivity contribution is 0.133. The Morgan fingerprint density at radius 3 is 2.26 bits per heavy atom. The molecule has 2 aliphatic rings. The normalized spacial score (nSPS) is 35.8. The largest absolute Gasteiger partial charge is 0.508 e. The first-order chi connectivity index (χ1) is 8.77. The summed E-state index contributed by atoms with van der Waals surface area (Å²) < 4.78 is 0. The average Bonchev–Trinajstić information content (AvgIpc) is 2.66. The van der Waals surface area contributed by atoms with Crippen molar-refractivity contribution >= 4 is 0 Å². The number of benzene rings is 1. The topological polar surface area (TPSA) is 20.2 Å². The minimum atomic E-state index is 0.344. The summed E-state index contributed by atoms with van der Waals surface area (Å²) >= 11 is 0. The third-order valence-corrected chi connectivity index (χ3v) is 6.81. The Hall–Kier alpha value is -0.980. The summed E-state index contributed by atoms with van der Waals surface area (Å²) in [5, 5.41) is 10.4. The molecule has 3 rings (SSSR count). The van der Waals surface area contributed by atoms with E-state index < -0.39 is 0 Å². The second kappa shape index (κ2) is 3.77. The summed E-state index contributed by atoms with van der Waals surface area (Å²) in [5.41, 5.74) is 4.44. The maximum Gasteiger partial charge on any atom is 0.119 e. The van der Waals surface area contributed by atoms with Crippen LogP contribution in [0.3, 0.4) is 0 Å². The van der Waals surface area contributed by atoms with Gasteiger partial charge >= 0.3 is 0 Å². The zero-order valence-corrected chi connectivity index (χ0v) is 12.9. The summed E-state index contributed by atoms with van der Waals surface area (Å²) in [5.74, 6) is 1.86. The zero-order chi connectivity index (χ0) is 14.0. The highest BCUT2D eigenvalue weighted by Crippen LogP contribution is 2.71. The lowest BCUT2D eigenvalue weighted by atomic mass is 9.65. The molecule has 0 saturated heterocycles. The number of phenols is 1. The van der Waals surface area contributed by atoms with Crippen LogP contribution in [-0.2, 0) is 0 Å². The van der Waals surface area contributed by atoms with Crippen LogP contribution in [0, 0.1) is 30.6 Å². The van der Waals surface area contributed by atoms with E-state index in [1.165, 1.54) is 36.0 Å². The zero-order valence-electron chi connectivity index (χ0n) is 12.9. The molecule has 1 aromatic carbocycles. The van der Waals surface area contributed by atoms with Gasteiger partial charge in [0.15, 0.2) is 0 Å². The van der Waals surface area contributed by atoms with E-state index in [1.54, 1.807) is 0 Å². The van der Waals surface area contributed by atoms with Gasteiger partial charge in [0, 0.05) is 0 Å². The molecule has 0 aromatic heterocycles. The number of aryl methyl sites for hydroxylation is 2. The molecule has 0 aliphatic heterocycles. The Labute approximate surface area is 117 Å². The molecule has 0 spiro atoms. The molecule has 0 radical (unpaired) electrons. The van der Waals surface area contributed by atoms with Crippen molar-refractivity contribution in [3.05, 3.63) is 28.8 Å². The van der Waals surface area contributed by atoms with Gasteiger partial charge in [0.25, 0.3) is 0 Å². The Balaban J connectivity index is 2.08. The van der Waals surface area contributed by atoms with Crippen LogP contribution in [0.4, 0.5) is 0 Å². The number of aromatic hydroxyl groups is 1. The van der Waals surface area contributed by atoms with Crippen LogP contribution in [0.15, 0.2) is 12.1 Å². The molecule has 2 saturated carbocycles. The van der Waals surface area contributed by atoms with Crippen LogP contribution in [0.2, 0.25) is 0 Å². The fourth-order valence-electron chi connectivity index (χ4n) is 4.78. The molecule has 104 valence electrons. The molecule has 3 atom stereocenters. The third kappa shape index (κ3) is 1.53. The lowest BCUT2D eigenvalue weighted by Crippen LogP contribution is -2.31. The second-order valence-electron chi connectivity index (χ2n) is 7.66. The maximum atomic E-state index is 10.4. The molecule has 0 unspecified atom stereocenters. The van der Waals surface area contributed by atoms with Crippen molar-refractivity contribution in [1.82, 2.24) is 0 Å². The summed E-state index contributed by atoms with van der Waals surface area (Å²) in [7, 11) is 0. The van der Waals surface area contributed by atoms with Gasteiger partial charge in [0.2, 0.25) is 0 Å². The van der Waals surface area contributed by atoms with E-state index in [0.29, 0.717) is 22.5 Å². The van der Waals surface area contributed by atoms with Crippen molar-refractivity contribution in [1.29, 1.82) is 0 Å². The van der Waals surface area contributed by atoms with Gasteiger partial charge in [-0.25, -0.2) is 0 Å². The minimum Gasteiger partial charge on any atom is -0.508 e. The van der Waals surface area contributed by atoms with E-state index in [1.807, 2.05) is 6.07 Å². The molecule has 19 heavy (non-hydrogen) atoms. The van der Waals surface area contributed by atoms with Crippen LogP contribution < -0.4 is 0 Å². The van der Waals surface area contributed by atoms with Crippen molar-refractivity contribution in [3.8, 4) is 5.75 Å². The smallest absolute Gasteiger partial charge is 0.119 e. The van der Waals surface area contributed by atoms with Crippen LogP contribution in [0.5, 0.6) is 5.75 Å². The van der Waals surface area contributed by atoms with Crippen molar-refractivity contribution in [2.24, 2.45) is 16.7 Å². The molecule has 1 nitrogen and oxygen atoms in total. The highest BCUT2D eigenvalue weighted by atomic mass is 16.3. The Kier molecular flexibility index (Phi) is 2.59. The van der Waals surface area contributed by atoms with Gasteiger partial charge in [-0.05, 0) is 78.5 Å². The van der Waals surface area contributed by atoms with E-state index in [0.717, 1.165) is 5.92 Å². The SMILES string of the molecule is Cc1cc(O)c([C@@H]2C[C@H]3CC[C@@]2(C)C3(C)C)cc1C. The van der Waals surface area contributed by atoms with Gasteiger partial charge in [-0.3, -0.25) is 0 Å². The Bertz CT molecular complexity index is 529. The van der Waals surface area contributed by atoms with Crippen LogP contribution >= 0.6 is 0 Å². The first kappa shape index (κ1) is 13.0. The molecule has 2 bridgehead atoms. The van der Waals surface area contributed by atoms with Crippen LogP contribution in [0.1, 0.15) is 62.6 Å². The monoisotopic (exact) mass is 258 g/mol. The van der Waals surface area contributed by atoms with Crippen LogP contribution in [0.25, 0.3) is 0 Å². The van der Waals surface area contributed by atoms with Gasteiger partial charge in [-0.15, -0.1) is 0 Å². The summed E-state index contributed by atoms with van der Waals surface area (Å²) in [6.45, 7) is 11.5. The molecule has 0 amide bonds. The minimum absolute atomic E-state index is 0.344. The molecule has 2 fully saturated rings. The van der Waals surface area contributed by atoms with E-state index in [4.69, 9.17) is 0 Å². The predicted octanol–water partition coefficient (Wildman–Crippen LogP) is 4.94. The molecule has 0 heterocycles. The van der Waals surface area contributed by atoms with E-state index >= 15 is 0 Å². The van der Waals surface area contributed by atoms with Gasteiger partial charge in [-0.2, -0.15) is 0 Å². The quantitative estimate of drug-likeness (QED) is 0.756. The molecule has 1 N–H and O–H groups in total.